The molecule has 5 rings (SSSR count). The van der Waals surface area contributed by atoms with Crippen LogP contribution in [0, 0.1) is 0 Å². The lowest BCUT2D eigenvalue weighted by molar-refractivity contribution is 0.233. The van der Waals surface area contributed by atoms with E-state index in [2.05, 4.69) is 88.1 Å². The summed E-state index contributed by atoms with van der Waals surface area (Å²) in [6, 6.07) is 19.0. The van der Waals surface area contributed by atoms with E-state index >= 15 is 0 Å². The minimum absolute atomic E-state index is 0.106. The van der Waals surface area contributed by atoms with E-state index in [0.29, 0.717) is 0 Å². The summed E-state index contributed by atoms with van der Waals surface area (Å²) < 4.78 is 4.92. The van der Waals surface area contributed by atoms with Crippen molar-refractivity contribution in [1.82, 2.24) is 10.2 Å². The molecule has 2 saturated heterocycles. The van der Waals surface area contributed by atoms with Crippen molar-refractivity contribution in [2.24, 2.45) is 0 Å². The Kier molecular flexibility index (Phi) is 4.57. The molecule has 5 heteroatoms. The number of nitrogens with one attached hydrogen (secondary N) is 1. The van der Waals surface area contributed by atoms with Gasteiger partial charge in [-0.2, -0.15) is 0 Å². The second-order valence-electron chi connectivity index (χ2n) is 9.23. The standard InChI is InChI=1S/C23H30N4S/c1-23(2,3)20-10-7-11-21-22(20)27(18-8-5-4-6-9-18)28-26(21)13-12-25-16-17-14-19(25)15-24-17/h4-11,17,19,24H,12-16H2,1-3H3. The Morgan fingerprint density at radius 3 is 2.54 bits per heavy atom. The van der Waals surface area contributed by atoms with Crippen molar-refractivity contribution in [2.45, 2.75) is 44.7 Å². The zero-order valence-electron chi connectivity index (χ0n) is 17.1. The quantitative estimate of drug-likeness (QED) is 0.766. The average molecular weight is 395 g/mol. The van der Waals surface area contributed by atoms with E-state index < -0.39 is 0 Å². The highest BCUT2D eigenvalue weighted by Gasteiger charge is 2.39. The number of hydrogen-bond donors (Lipinski definition) is 1. The molecule has 148 valence electrons. The summed E-state index contributed by atoms with van der Waals surface area (Å²) in [6.45, 7) is 11.5. The van der Waals surface area contributed by atoms with Crippen LogP contribution < -0.4 is 13.9 Å². The highest BCUT2D eigenvalue weighted by molar-refractivity contribution is 8.02. The van der Waals surface area contributed by atoms with Gasteiger partial charge in [0.1, 0.15) is 0 Å². The van der Waals surface area contributed by atoms with E-state index in [1.807, 2.05) is 12.1 Å². The number of hydrogen-bond acceptors (Lipinski definition) is 5. The van der Waals surface area contributed by atoms with Gasteiger partial charge in [0.15, 0.2) is 0 Å². The first-order valence-corrected chi connectivity index (χ1v) is 11.2. The van der Waals surface area contributed by atoms with Gasteiger partial charge in [0.25, 0.3) is 0 Å². The van der Waals surface area contributed by atoms with Gasteiger partial charge < -0.3 is 5.32 Å². The molecule has 0 saturated carbocycles. The topological polar surface area (TPSA) is 21.8 Å². The van der Waals surface area contributed by atoms with Crippen molar-refractivity contribution < 1.29 is 0 Å². The molecule has 2 aromatic carbocycles. The first kappa shape index (κ1) is 18.3. The van der Waals surface area contributed by atoms with Crippen molar-refractivity contribution in [3.63, 3.8) is 0 Å². The van der Waals surface area contributed by atoms with E-state index in [1.165, 1.54) is 42.1 Å². The fraction of sp³-hybridized carbons (Fsp3) is 0.478. The molecule has 0 radical (unpaired) electrons. The Morgan fingerprint density at radius 1 is 1.04 bits per heavy atom. The van der Waals surface area contributed by atoms with Crippen molar-refractivity contribution in [2.75, 3.05) is 34.8 Å². The molecule has 3 aliphatic rings. The van der Waals surface area contributed by atoms with E-state index in [0.717, 1.165) is 25.2 Å². The van der Waals surface area contributed by atoms with Crippen LogP contribution in [-0.2, 0) is 5.41 Å². The number of rotatable bonds is 4. The van der Waals surface area contributed by atoms with Crippen LogP contribution in [-0.4, -0.2) is 43.2 Å². The fourth-order valence-corrected chi connectivity index (χ4v) is 5.86. The molecular weight excluding hydrogens is 364 g/mol. The van der Waals surface area contributed by atoms with Gasteiger partial charge in [-0.05, 0) is 35.6 Å². The zero-order valence-corrected chi connectivity index (χ0v) is 17.9. The minimum Gasteiger partial charge on any atom is -0.311 e. The summed E-state index contributed by atoms with van der Waals surface area (Å²) >= 11 is 1.85. The van der Waals surface area contributed by atoms with E-state index in [-0.39, 0.29) is 5.41 Å². The average Bonchev–Trinajstić information content (AvgIpc) is 3.40. The zero-order chi connectivity index (χ0) is 19.3. The third kappa shape index (κ3) is 3.19. The molecule has 2 atom stereocenters. The first-order valence-electron chi connectivity index (χ1n) is 10.4. The van der Waals surface area contributed by atoms with Gasteiger partial charge in [-0.3, -0.25) is 13.5 Å². The van der Waals surface area contributed by atoms with Crippen LogP contribution in [0.5, 0.6) is 0 Å². The maximum atomic E-state index is 3.61. The van der Waals surface area contributed by atoms with Crippen LogP contribution in [0.3, 0.4) is 0 Å². The van der Waals surface area contributed by atoms with Crippen LogP contribution in [0.25, 0.3) is 0 Å². The van der Waals surface area contributed by atoms with Gasteiger partial charge in [0, 0.05) is 38.3 Å². The minimum atomic E-state index is 0.106. The second-order valence-corrected chi connectivity index (χ2v) is 10.2. The number of fused-ring (bicyclic) bond motifs is 3. The third-order valence-electron chi connectivity index (χ3n) is 6.23. The lowest BCUT2D eigenvalue weighted by Crippen LogP contribution is -2.45. The molecule has 28 heavy (non-hydrogen) atoms. The molecule has 0 amide bonds. The largest absolute Gasteiger partial charge is 0.311 e. The highest BCUT2D eigenvalue weighted by atomic mass is 32.2. The maximum Gasteiger partial charge on any atom is 0.0821 e. The summed E-state index contributed by atoms with van der Waals surface area (Å²) in [6.07, 6.45) is 1.33. The predicted octanol–water partition coefficient (Wildman–Crippen LogP) is 4.55. The van der Waals surface area contributed by atoms with Crippen LogP contribution >= 0.6 is 12.1 Å². The molecule has 3 aliphatic heterocycles. The number of para-hydroxylation sites is 2. The highest BCUT2D eigenvalue weighted by Crippen LogP contribution is 2.52. The predicted molar refractivity (Wildman–Crippen MR) is 120 cm³/mol. The summed E-state index contributed by atoms with van der Waals surface area (Å²) in [7, 11) is 0. The Bertz CT molecular complexity index is 847. The van der Waals surface area contributed by atoms with Crippen molar-refractivity contribution in [3.05, 3.63) is 54.1 Å². The molecule has 2 unspecified atom stereocenters. The van der Waals surface area contributed by atoms with E-state index in [4.69, 9.17) is 0 Å². The van der Waals surface area contributed by atoms with Crippen LogP contribution in [0.2, 0.25) is 0 Å². The fourth-order valence-electron chi connectivity index (χ4n) is 4.78. The van der Waals surface area contributed by atoms with Crippen LogP contribution in [0.15, 0.2) is 48.5 Å². The Balaban J connectivity index is 1.45. The molecule has 0 spiro atoms. The molecule has 2 bridgehead atoms. The summed E-state index contributed by atoms with van der Waals surface area (Å²) in [4.78, 5) is 2.68. The summed E-state index contributed by atoms with van der Waals surface area (Å²) in [5.41, 5.74) is 5.47. The number of likely N-dealkylation sites (tertiary alicyclic amines) is 1. The lowest BCUT2D eigenvalue weighted by Gasteiger charge is -2.29. The van der Waals surface area contributed by atoms with E-state index in [9.17, 15) is 0 Å². The first-order chi connectivity index (χ1) is 13.5. The molecule has 3 heterocycles. The molecule has 0 aromatic heterocycles. The molecule has 0 aliphatic carbocycles. The number of piperazine rings is 1. The van der Waals surface area contributed by atoms with Crippen LogP contribution in [0.4, 0.5) is 17.1 Å². The van der Waals surface area contributed by atoms with Gasteiger partial charge in [-0.25, -0.2) is 0 Å². The van der Waals surface area contributed by atoms with Crippen molar-refractivity contribution in [3.8, 4) is 0 Å². The normalized spacial score (nSPS) is 24.2. The molecular formula is C23H30N4S. The smallest absolute Gasteiger partial charge is 0.0821 e. The van der Waals surface area contributed by atoms with E-state index in [1.54, 1.807) is 0 Å². The number of nitrogens with zero attached hydrogens (tertiary/aromatic N) is 3. The van der Waals surface area contributed by atoms with Gasteiger partial charge in [0.2, 0.25) is 0 Å². The van der Waals surface area contributed by atoms with Crippen molar-refractivity contribution in [1.29, 1.82) is 0 Å². The second kappa shape index (κ2) is 6.97. The number of anilines is 3. The van der Waals surface area contributed by atoms with Gasteiger partial charge in [-0.15, -0.1) is 0 Å². The van der Waals surface area contributed by atoms with Gasteiger partial charge in [0.05, 0.1) is 29.2 Å². The molecule has 1 N–H and O–H groups in total. The maximum absolute atomic E-state index is 3.61. The van der Waals surface area contributed by atoms with Gasteiger partial charge in [-0.1, -0.05) is 51.1 Å². The van der Waals surface area contributed by atoms with Crippen molar-refractivity contribution >= 4 is 29.2 Å². The summed E-state index contributed by atoms with van der Waals surface area (Å²) in [5, 5.41) is 3.61. The monoisotopic (exact) mass is 394 g/mol. The number of benzene rings is 2. The Labute approximate surface area is 173 Å². The third-order valence-corrected chi connectivity index (χ3v) is 7.36. The molecule has 2 fully saturated rings. The SMILES string of the molecule is CC(C)(C)c1cccc2c1N(c1ccccc1)SN2CCN1CC2CC1CN2. The lowest BCUT2D eigenvalue weighted by atomic mass is 9.85. The van der Waals surface area contributed by atoms with Crippen LogP contribution in [0.1, 0.15) is 32.8 Å². The Hall–Kier alpha value is -1.69. The molecule has 2 aromatic rings. The molecule has 4 nitrogen and oxygen atoms in total. The summed E-state index contributed by atoms with van der Waals surface area (Å²) in [5.74, 6) is 0. The van der Waals surface area contributed by atoms with Gasteiger partial charge >= 0.3 is 0 Å². The Morgan fingerprint density at radius 2 is 1.86 bits per heavy atom.